The number of hydrogen-bond acceptors (Lipinski definition) is 6. The lowest BCUT2D eigenvalue weighted by molar-refractivity contribution is 0.0135. The highest BCUT2D eigenvalue weighted by Gasteiger charge is 2.33. The second-order valence-electron chi connectivity index (χ2n) is 11.2. The number of rotatable bonds is 6. The van der Waals surface area contributed by atoms with Crippen molar-refractivity contribution in [2.75, 3.05) is 39.5 Å². The van der Waals surface area contributed by atoms with E-state index in [0.29, 0.717) is 34.7 Å². The highest BCUT2D eigenvalue weighted by Crippen LogP contribution is 2.33. The SMILES string of the molecule is C[C@@H]1CN(C2CCN(C(=O)c3ccccc3)CC2)CCN1[C@@H](C)c1ccc(C(=O)c2ccc3c(c2)OCO3)cc1. The van der Waals surface area contributed by atoms with E-state index >= 15 is 0 Å². The molecule has 3 heterocycles. The van der Waals surface area contributed by atoms with E-state index in [1.54, 1.807) is 18.2 Å². The fourth-order valence-electron chi connectivity index (χ4n) is 6.41. The van der Waals surface area contributed by atoms with Crippen molar-refractivity contribution >= 4 is 11.7 Å². The summed E-state index contributed by atoms with van der Waals surface area (Å²) in [4.78, 5) is 33.1. The average molecular weight is 540 g/mol. The maximum absolute atomic E-state index is 13.1. The number of piperidine rings is 1. The molecule has 3 aromatic carbocycles. The van der Waals surface area contributed by atoms with Gasteiger partial charge in [0.1, 0.15) is 0 Å². The fraction of sp³-hybridized carbons (Fsp3) is 0.394. The Morgan fingerprint density at radius 1 is 0.800 bits per heavy atom. The van der Waals surface area contributed by atoms with Crippen molar-refractivity contribution in [1.29, 1.82) is 0 Å². The molecule has 1 amide bonds. The molecule has 0 N–H and O–H groups in total. The molecule has 0 unspecified atom stereocenters. The number of carbonyl (C=O) groups excluding carboxylic acids is 2. The lowest BCUT2D eigenvalue weighted by atomic mass is 9.97. The quantitative estimate of drug-likeness (QED) is 0.410. The zero-order chi connectivity index (χ0) is 27.6. The lowest BCUT2D eigenvalue weighted by Gasteiger charge is -2.47. The van der Waals surface area contributed by atoms with E-state index in [1.807, 2.05) is 47.4 Å². The molecule has 0 bridgehead atoms. The Hall–Kier alpha value is -3.68. The molecule has 2 atom stereocenters. The number of amides is 1. The molecule has 0 aromatic heterocycles. The van der Waals surface area contributed by atoms with E-state index in [0.717, 1.165) is 51.1 Å². The van der Waals surface area contributed by atoms with Gasteiger partial charge in [0.2, 0.25) is 6.79 Å². The van der Waals surface area contributed by atoms with Crippen LogP contribution in [-0.4, -0.2) is 78.0 Å². The molecule has 3 aliphatic heterocycles. The van der Waals surface area contributed by atoms with Crippen LogP contribution in [0.25, 0.3) is 0 Å². The van der Waals surface area contributed by atoms with Gasteiger partial charge in [-0.1, -0.05) is 42.5 Å². The highest BCUT2D eigenvalue weighted by atomic mass is 16.7. The van der Waals surface area contributed by atoms with Gasteiger partial charge >= 0.3 is 0 Å². The van der Waals surface area contributed by atoms with Crippen LogP contribution < -0.4 is 9.47 Å². The molecule has 0 aliphatic carbocycles. The van der Waals surface area contributed by atoms with Crippen molar-refractivity contribution in [2.24, 2.45) is 0 Å². The number of carbonyl (C=O) groups is 2. The summed E-state index contributed by atoms with van der Waals surface area (Å²) in [5, 5.41) is 0. The second kappa shape index (κ2) is 11.4. The summed E-state index contributed by atoms with van der Waals surface area (Å²) in [5.74, 6) is 1.43. The Morgan fingerprint density at radius 2 is 1.50 bits per heavy atom. The first-order valence-corrected chi connectivity index (χ1v) is 14.4. The van der Waals surface area contributed by atoms with E-state index in [2.05, 4.69) is 35.8 Å². The van der Waals surface area contributed by atoms with Crippen molar-refractivity contribution in [2.45, 2.75) is 44.8 Å². The van der Waals surface area contributed by atoms with Gasteiger partial charge in [-0.3, -0.25) is 19.4 Å². The fourth-order valence-corrected chi connectivity index (χ4v) is 6.41. The van der Waals surface area contributed by atoms with Gasteiger partial charge in [0.05, 0.1) is 0 Å². The van der Waals surface area contributed by atoms with Crippen LogP contribution in [0.2, 0.25) is 0 Å². The third-order valence-corrected chi connectivity index (χ3v) is 8.79. The summed E-state index contributed by atoms with van der Waals surface area (Å²) < 4.78 is 10.8. The monoisotopic (exact) mass is 539 g/mol. The molecular formula is C33H37N3O4. The van der Waals surface area contributed by atoms with Crippen molar-refractivity contribution < 1.29 is 19.1 Å². The minimum absolute atomic E-state index is 0.0176. The zero-order valence-corrected chi connectivity index (χ0v) is 23.3. The third kappa shape index (κ3) is 5.36. The van der Waals surface area contributed by atoms with Gasteiger partial charge in [0, 0.05) is 67.5 Å². The van der Waals surface area contributed by atoms with Gasteiger partial charge < -0.3 is 14.4 Å². The van der Waals surface area contributed by atoms with Gasteiger partial charge in [-0.25, -0.2) is 0 Å². The van der Waals surface area contributed by atoms with Crippen molar-refractivity contribution in [3.05, 3.63) is 95.1 Å². The van der Waals surface area contributed by atoms with Crippen molar-refractivity contribution in [1.82, 2.24) is 14.7 Å². The van der Waals surface area contributed by atoms with Crippen LogP contribution in [0.5, 0.6) is 11.5 Å². The van der Waals surface area contributed by atoms with Gasteiger partial charge in [0.25, 0.3) is 5.91 Å². The van der Waals surface area contributed by atoms with Crippen LogP contribution in [-0.2, 0) is 0 Å². The molecule has 7 heteroatoms. The number of piperazine rings is 1. The number of hydrogen-bond donors (Lipinski definition) is 0. The van der Waals surface area contributed by atoms with Crippen LogP contribution in [0.1, 0.15) is 64.6 Å². The molecule has 3 aliphatic rings. The topological polar surface area (TPSA) is 62.3 Å². The smallest absolute Gasteiger partial charge is 0.253 e. The molecule has 0 radical (unpaired) electrons. The van der Waals surface area contributed by atoms with E-state index in [9.17, 15) is 9.59 Å². The lowest BCUT2D eigenvalue weighted by Crippen LogP contribution is -2.57. The Balaban J connectivity index is 1.02. The van der Waals surface area contributed by atoms with Crippen LogP contribution in [0.15, 0.2) is 72.8 Å². The molecule has 6 rings (SSSR count). The van der Waals surface area contributed by atoms with Crippen molar-refractivity contribution in [3.8, 4) is 11.5 Å². The minimum atomic E-state index is -0.0176. The number of ketones is 1. The first kappa shape index (κ1) is 26.5. The van der Waals surface area contributed by atoms with Gasteiger partial charge in [-0.05, 0) is 62.6 Å². The molecule has 40 heavy (non-hydrogen) atoms. The molecule has 7 nitrogen and oxygen atoms in total. The summed E-state index contributed by atoms with van der Waals surface area (Å²) >= 11 is 0. The van der Waals surface area contributed by atoms with E-state index in [1.165, 1.54) is 5.56 Å². The number of benzene rings is 3. The van der Waals surface area contributed by atoms with Crippen molar-refractivity contribution in [3.63, 3.8) is 0 Å². The summed E-state index contributed by atoms with van der Waals surface area (Å²) in [5.41, 5.74) is 3.27. The van der Waals surface area contributed by atoms with Gasteiger partial charge in [-0.2, -0.15) is 0 Å². The summed E-state index contributed by atoms with van der Waals surface area (Å²) in [6.07, 6.45) is 2.05. The van der Waals surface area contributed by atoms with Crippen LogP contribution in [0.4, 0.5) is 0 Å². The highest BCUT2D eigenvalue weighted by molar-refractivity contribution is 6.09. The normalized spacial score (nSPS) is 20.9. The molecule has 208 valence electrons. The second-order valence-corrected chi connectivity index (χ2v) is 11.2. The number of likely N-dealkylation sites (tertiary alicyclic amines) is 1. The molecule has 2 saturated heterocycles. The predicted octanol–water partition coefficient (Wildman–Crippen LogP) is 5.02. The molecule has 0 spiro atoms. The summed E-state index contributed by atoms with van der Waals surface area (Å²) in [7, 11) is 0. The van der Waals surface area contributed by atoms with Crippen LogP contribution >= 0.6 is 0 Å². The maximum Gasteiger partial charge on any atom is 0.253 e. The molecule has 2 fully saturated rings. The predicted molar refractivity (Wildman–Crippen MR) is 154 cm³/mol. The standard InChI is InChI=1S/C33H37N3O4/c1-23-21-35(29-14-16-34(17-15-29)33(38)27-6-4-3-5-7-27)18-19-36(23)24(2)25-8-10-26(11-9-25)32(37)28-12-13-30-31(20-28)40-22-39-30/h3-13,20,23-24,29H,14-19,21-22H2,1-2H3/t23-,24+/m1/s1. The Bertz CT molecular complexity index is 1350. The first-order chi connectivity index (χ1) is 19.5. The van der Waals surface area contributed by atoms with E-state index in [4.69, 9.17) is 9.47 Å². The summed E-state index contributed by atoms with van der Waals surface area (Å²) in [6, 6.07) is 24.2. The van der Waals surface area contributed by atoms with Crippen LogP contribution in [0.3, 0.4) is 0 Å². The molecule has 3 aromatic rings. The first-order valence-electron chi connectivity index (χ1n) is 14.4. The Kier molecular flexibility index (Phi) is 7.59. The molecular weight excluding hydrogens is 502 g/mol. The third-order valence-electron chi connectivity index (χ3n) is 8.79. The summed E-state index contributed by atoms with van der Waals surface area (Å²) in [6.45, 7) is 9.48. The molecule has 0 saturated carbocycles. The van der Waals surface area contributed by atoms with E-state index in [-0.39, 0.29) is 24.5 Å². The Morgan fingerprint density at radius 3 is 2.23 bits per heavy atom. The minimum Gasteiger partial charge on any atom is -0.454 e. The average Bonchev–Trinajstić information content (AvgIpc) is 3.49. The van der Waals surface area contributed by atoms with Crippen LogP contribution in [0, 0.1) is 0 Å². The number of nitrogens with zero attached hydrogens (tertiary/aromatic N) is 3. The van der Waals surface area contributed by atoms with Gasteiger partial charge in [0.15, 0.2) is 17.3 Å². The van der Waals surface area contributed by atoms with Gasteiger partial charge in [-0.15, -0.1) is 0 Å². The number of fused-ring (bicyclic) bond motifs is 1. The largest absolute Gasteiger partial charge is 0.454 e. The van der Waals surface area contributed by atoms with E-state index < -0.39 is 0 Å². The zero-order valence-electron chi connectivity index (χ0n) is 23.3. The Labute approximate surface area is 236 Å². The number of ether oxygens (including phenoxy) is 2. The maximum atomic E-state index is 13.1.